The van der Waals surface area contributed by atoms with Crippen LogP contribution < -0.4 is 81.2 Å². The number of carbonyl (C=O) groups excluding carboxylic acids is 1. The zero-order valence-corrected chi connectivity index (χ0v) is 28.0. The molecule has 1 N–H and O–H groups in total. The van der Waals surface area contributed by atoms with Gasteiger partial charge in [0.1, 0.15) is 11.3 Å². The summed E-state index contributed by atoms with van der Waals surface area (Å²) in [4.78, 5) is 38.7. The molecule has 11 nitrogen and oxygen atoms in total. The van der Waals surface area contributed by atoms with E-state index in [1.807, 2.05) is 0 Å². The van der Waals surface area contributed by atoms with E-state index in [-0.39, 0.29) is 91.3 Å². The Morgan fingerprint density at radius 2 is 1.76 bits per heavy atom. The molecule has 1 aromatic carbocycles. The van der Waals surface area contributed by atoms with Crippen molar-refractivity contribution in [3.05, 3.63) is 93.9 Å². The van der Waals surface area contributed by atoms with Gasteiger partial charge in [0.25, 0.3) is 5.56 Å². The number of methoxy groups -OCH3 is 3. The van der Waals surface area contributed by atoms with E-state index in [1.165, 1.54) is 40.5 Å². The van der Waals surface area contributed by atoms with Crippen LogP contribution in [0.25, 0.3) is 16.7 Å². The first-order valence-corrected chi connectivity index (χ1v) is 12.8. The standard InChI is InChI=1S/C30H21F4N5O6.K/c1-15-11-25(43-3)36-14-20(15)39-24(30(32,33)34)8-6-17(29(39)41)27(40)37-16-5-7-21(18(31)12-16)45-22-9-10-35-19-13-23(42-2)28(44-4)38-26(19)22;/h5-6,8,10-14H,1-4H3,(H,37,40);/q-2;+1. The van der Waals surface area contributed by atoms with E-state index in [2.05, 4.69) is 32.4 Å². The van der Waals surface area contributed by atoms with Crippen molar-refractivity contribution >= 4 is 22.6 Å². The fourth-order valence-electron chi connectivity index (χ4n) is 4.28. The second kappa shape index (κ2) is 14.1. The molecule has 0 bridgehead atoms. The molecule has 46 heavy (non-hydrogen) atoms. The zero-order chi connectivity index (χ0) is 32.5. The Morgan fingerprint density at radius 1 is 1.00 bits per heavy atom. The number of fused-ring (bicyclic) bond motifs is 1. The molecule has 4 aromatic heterocycles. The summed E-state index contributed by atoms with van der Waals surface area (Å²) in [6, 6.07) is 11.5. The Morgan fingerprint density at radius 3 is 2.39 bits per heavy atom. The average molecular weight is 663 g/mol. The van der Waals surface area contributed by atoms with Crippen molar-refractivity contribution in [3.8, 4) is 34.7 Å². The fraction of sp³-hybridized carbons (Fsp3) is 0.167. The molecule has 4 heterocycles. The molecule has 0 spiro atoms. The number of hydrogen-bond donors (Lipinski definition) is 1. The van der Waals surface area contributed by atoms with Crippen LogP contribution in [-0.2, 0) is 6.18 Å². The quantitative estimate of drug-likeness (QED) is 0.151. The number of halogens is 4. The number of rotatable bonds is 8. The minimum Gasteiger partial charge on any atom is -0.516 e. The van der Waals surface area contributed by atoms with E-state index >= 15 is 4.39 Å². The van der Waals surface area contributed by atoms with Crippen LogP contribution in [0.1, 0.15) is 21.6 Å². The molecule has 232 valence electrons. The van der Waals surface area contributed by atoms with Gasteiger partial charge in [0.15, 0.2) is 5.75 Å². The van der Waals surface area contributed by atoms with Crippen molar-refractivity contribution in [2.24, 2.45) is 0 Å². The zero-order valence-electron chi connectivity index (χ0n) is 24.9. The topological polar surface area (TPSA) is 127 Å². The van der Waals surface area contributed by atoms with E-state index in [4.69, 9.17) is 18.9 Å². The second-order valence-electron chi connectivity index (χ2n) is 9.20. The van der Waals surface area contributed by atoms with Crippen LogP contribution in [0.3, 0.4) is 0 Å². The van der Waals surface area contributed by atoms with Crippen molar-refractivity contribution < 1.29 is 92.7 Å². The molecule has 16 heteroatoms. The van der Waals surface area contributed by atoms with Crippen molar-refractivity contribution in [1.29, 1.82) is 0 Å². The predicted molar refractivity (Wildman–Crippen MR) is 151 cm³/mol. The van der Waals surface area contributed by atoms with Gasteiger partial charge in [-0.3, -0.25) is 23.5 Å². The third-order valence-electron chi connectivity index (χ3n) is 6.41. The summed E-state index contributed by atoms with van der Waals surface area (Å²) in [5, 5.41) is 2.30. The van der Waals surface area contributed by atoms with E-state index in [9.17, 15) is 22.8 Å². The third-order valence-corrected chi connectivity index (χ3v) is 6.41. The number of amides is 1. The van der Waals surface area contributed by atoms with E-state index in [1.54, 1.807) is 6.07 Å². The third kappa shape index (κ3) is 7.00. The number of benzene rings is 1. The second-order valence-corrected chi connectivity index (χ2v) is 9.20. The maximum Gasteiger partial charge on any atom is 1.00 e. The van der Waals surface area contributed by atoms with Gasteiger partial charge in [-0.25, -0.2) is 4.98 Å². The monoisotopic (exact) mass is 662 g/mol. The number of alkyl halides is 3. The van der Waals surface area contributed by atoms with Gasteiger partial charge in [-0.1, -0.05) is 11.9 Å². The van der Waals surface area contributed by atoms with Crippen LogP contribution in [0.15, 0.2) is 53.6 Å². The molecule has 1 amide bonds. The smallest absolute Gasteiger partial charge is 0.516 e. The first kappa shape index (κ1) is 34.8. The van der Waals surface area contributed by atoms with Gasteiger partial charge < -0.3 is 29.2 Å². The molecule has 0 aliphatic carbocycles. The number of aryl methyl sites for hydroxylation is 1. The SMILES string of the molecule is COc1cc(C)c(-n2c(C(F)(F)F)ccc(C(=O)Nc3c[c-]c(Oc4[c-]cnc5cc(OC)c(OC)nc45)c(F)c3)c2=O)cn1.[K+]. The van der Waals surface area contributed by atoms with Crippen LogP contribution in [0.4, 0.5) is 23.2 Å². The summed E-state index contributed by atoms with van der Waals surface area (Å²) in [6.07, 6.45) is -2.63. The first-order valence-electron chi connectivity index (χ1n) is 12.8. The van der Waals surface area contributed by atoms with Gasteiger partial charge in [0.05, 0.1) is 39.0 Å². The van der Waals surface area contributed by atoms with Crippen LogP contribution >= 0.6 is 0 Å². The molecule has 0 saturated carbocycles. The number of anilines is 1. The molecule has 0 unspecified atom stereocenters. The minimum absolute atomic E-state index is 0. The summed E-state index contributed by atoms with van der Waals surface area (Å²) in [5.74, 6) is -1.93. The first-order chi connectivity index (χ1) is 21.4. The minimum atomic E-state index is -4.95. The average Bonchev–Trinajstić information content (AvgIpc) is 3.01. The van der Waals surface area contributed by atoms with E-state index in [0.717, 1.165) is 24.4 Å². The number of aromatic nitrogens is 4. The summed E-state index contributed by atoms with van der Waals surface area (Å²) in [7, 11) is 4.13. The Hall–Kier alpha value is -4.09. The molecule has 0 fully saturated rings. The fourth-order valence-corrected chi connectivity index (χ4v) is 4.28. The number of nitrogens with zero attached hydrogens (tertiary/aromatic N) is 4. The number of ether oxygens (including phenoxy) is 4. The Kier molecular flexibility index (Phi) is 10.7. The number of hydrogen-bond acceptors (Lipinski definition) is 9. The van der Waals surface area contributed by atoms with Crippen molar-refractivity contribution in [2.75, 3.05) is 26.6 Å². The van der Waals surface area contributed by atoms with Crippen LogP contribution in [0.2, 0.25) is 0 Å². The van der Waals surface area contributed by atoms with Crippen molar-refractivity contribution in [3.63, 3.8) is 0 Å². The molecular formula is C30H21F4KN5O6-. The van der Waals surface area contributed by atoms with Gasteiger partial charge in [0.2, 0.25) is 17.7 Å². The molecule has 5 aromatic rings. The summed E-state index contributed by atoms with van der Waals surface area (Å²) in [6.45, 7) is 1.46. The normalized spacial score (nSPS) is 11.0. The van der Waals surface area contributed by atoms with Gasteiger partial charge >= 0.3 is 57.6 Å². The molecule has 0 aliphatic rings. The number of pyridine rings is 4. The summed E-state index contributed by atoms with van der Waals surface area (Å²) >= 11 is 0. The van der Waals surface area contributed by atoms with Gasteiger partial charge in [-0.05, 0) is 42.0 Å². The van der Waals surface area contributed by atoms with E-state index in [0.29, 0.717) is 21.9 Å². The summed E-state index contributed by atoms with van der Waals surface area (Å²) in [5.41, 5.74) is -2.87. The maximum atomic E-state index is 15.1. The van der Waals surface area contributed by atoms with Gasteiger partial charge in [-0.15, -0.1) is 12.1 Å². The van der Waals surface area contributed by atoms with Gasteiger partial charge in [0, 0.05) is 17.3 Å². The van der Waals surface area contributed by atoms with Crippen LogP contribution in [0.5, 0.6) is 29.0 Å². The number of carbonyl (C=O) groups is 1. The van der Waals surface area contributed by atoms with Gasteiger partial charge in [-0.2, -0.15) is 25.3 Å². The molecule has 5 rings (SSSR count). The predicted octanol–water partition coefficient (Wildman–Crippen LogP) is 2.32. The van der Waals surface area contributed by atoms with Crippen LogP contribution in [-0.4, -0.2) is 46.8 Å². The molecular weight excluding hydrogens is 641 g/mol. The number of nitrogens with one attached hydrogen (secondary N) is 1. The molecule has 0 aliphatic heterocycles. The Bertz CT molecular complexity index is 2000. The molecule has 0 atom stereocenters. The molecule has 0 radical (unpaired) electrons. The Balaban J connectivity index is 0.00000480. The largest absolute Gasteiger partial charge is 1.00 e. The Labute approximate surface area is 300 Å². The van der Waals surface area contributed by atoms with Crippen molar-refractivity contribution in [1.82, 2.24) is 19.5 Å². The van der Waals surface area contributed by atoms with Crippen molar-refractivity contribution in [2.45, 2.75) is 13.1 Å². The summed E-state index contributed by atoms with van der Waals surface area (Å²) < 4.78 is 78.1. The van der Waals surface area contributed by atoms with E-state index < -0.39 is 40.5 Å². The maximum absolute atomic E-state index is 15.1. The van der Waals surface area contributed by atoms with Crippen LogP contribution in [0, 0.1) is 24.9 Å². The molecule has 0 saturated heterocycles.